The van der Waals surface area contributed by atoms with E-state index in [4.69, 9.17) is 12.2 Å². The van der Waals surface area contributed by atoms with Gasteiger partial charge in [-0.25, -0.2) is 4.39 Å². The molecule has 4 saturated carbocycles. The Labute approximate surface area is 136 Å². The predicted molar refractivity (Wildman–Crippen MR) is 91.2 cm³/mol. The van der Waals surface area contributed by atoms with Crippen LogP contribution in [-0.4, -0.2) is 11.7 Å². The van der Waals surface area contributed by atoms with Crippen molar-refractivity contribution in [3.05, 3.63) is 30.1 Å². The molecule has 0 aliphatic heterocycles. The Balaban J connectivity index is 1.37. The van der Waals surface area contributed by atoms with Crippen LogP contribution in [0.5, 0.6) is 0 Å². The Kier molecular flexibility index (Phi) is 3.60. The van der Waals surface area contributed by atoms with Crippen molar-refractivity contribution in [1.29, 1.82) is 0 Å². The third kappa shape index (κ3) is 2.73. The van der Waals surface area contributed by atoms with E-state index in [0.29, 0.717) is 16.2 Å². The molecule has 0 saturated heterocycles. The maximum Gasteiger partial charge on any atom is 0.170 e. The summed E-state index contributed by atoms with van der Waals surface area (Å²) >= 11 is 5.36. The summed E-state index contributed by atoms with van der Waals surface area (Å²) in [5.41, 5.74) is 0.890. The van der Waals surface area contributed by atoms with Crippen molar-refractivity contribution in [2.24, 2.45) is 23.2 Å². The summed E-state index contributed by atoms with van der Waals surface area (Å²) < 4.78 is 13.7. The maximum atomic E-state index is 13.7. The minimum absolute atomic E-state index is 0.263. The van der Waals surface area contributed by atoms with E-state index in [1.807, 2.05) is 6.07 Å². The fourth-order valence-corrected chi connectivity index (χ4v) is 5.69. The van der Waals surface area contributed by atoms with Gasteiger partial charge in [0.2, 0.25) is 0 Å². The zero-order valence-corrected chi connectivity index (χ0v) is 13.6. The van der Waals surface area contributed by atoms with Crippen LogP contribution in [0.15, 0.2) is 24.3 Å². The second-order valence-corrected chi connectivity index (χ2v) is 8.11. The monoisotopic (exact) mass is 318 g/mol. The van der Waals surface area contributed by atoms with Crippen molar-refractivity contribution in [3.8, 4) is 0 Å². The zero-order chi connectivity index (χ0) is 15.2. The standard InChI is InChI=1S/C18H23FN2S/c19-15-3-1-2-4-16(15)21-17(22)20-11-18-8-12-5-13(9-18)7-14(6-12)10-18/h1-4,12-14H,5-11H2,(H2,20,21,22). The van der Waals surface area contributed by atoms with Crippen LogP contribution in [0.25, 0.3) is 0 Å². The molecule has 0 spiro atoms. The molecular weight excluding hydrogens is 295 g/mol. The van der Waals surface area contributed by atoms with Gasteiger partial charge in [-0.15, -0.1) is 0 Å². The Morgan fingerprint density at radius 2 is 1.68 bits per heavy atom. The molecule has 118 valence electrons. The Bertz CT molecular complexity index is 551. The van der Waals surface area contributed by atoms with Crippen molar-refractivity contribution in [1.82, 2.24) is 5.32 Å². The van der Waals surface area contributed by atoms with Crippen molar-refractivity contribution in [2.75, 3.05) is 11.9 Å². The van der Waals surface area contributed by atoms with E-state index >= 15 is 0 Å². The summed E-state index contributed by atoms with van der Waals surface area (Å²) in [7, 11) is 0. The van der Waals surface area contributed by atoms with Crippen molar-refractivity contribution >= 4 is 23.0 Å². The molecule has 4 fully saturated rings. The highest BCUT2D eigenvalue weighted by Crippen LogP contribution is 2.59. The number of rotatable bonds is 3. The van der Waals surface area contributed by atoms with Gasteiger partial charge in [0.05, 0.1) is 5.69 Å². The summed E-state index contributed by atoms with van der Waals surface area (Å²) in [5, 5.41) is 6.90. The van der Waals surface area contributed by atoms with Gasteiger partial charge in [0.15, 0.2) is 5.11 Å². The van der Waals surface area contributed by atoms with Crippen LogP contribution in [0, 0.1) is 29.0 Å². The summed E-state index contributed by atoms with van der Waals surface area (Å²) in [6.45, 7) is 0.941. The average molecular weight is 318 g/mol. The molecule has 0 amide bonds. The number of para-hydroxylation sites is 1. The van der Waals surface area contributed by atoms with Crippen LogP contribution in [-0.2, 0) is 0 Å². The summed E-state index contributed by atoms with van der Waals surface area (Å²) in [4.78, 5) is 0. The van der Waals surface area contributed by atoms with E-state index in [-0.39, 0.29) is 5.82 Å². The molecule has 5 rings (SSSR count). The lowest BCUT2D eigenvalue weighted by Crippen LogP contribution is -2.51. The summed E-state index contributed by atoms with van der Waals surface area (Å²) in [6, 6.07) is 6.66. The first-order valence-corrected chi connectivity index (χ1v) is 8.82. The van der Waals surface area contributed by atoms with Gasteiger partial charge in [0.1, 0.15) is 5.82 Å². The number of hydrogen-bond donors (Lipinski definition) is 2. The first-order chi connectivity index (χ1) is 10.6. The van der Waals surface area contributed by atoms with Gasteiger partial charge in [-0.1, -0.05) is 12.1 Å². The number of hydrogen-bond acceptors (Lipinski definition) is 1. The SMILES string of the molecule is Fc1ccccc1NC(=S)NCC12CC3CC(CC(C3)C1)C2. The first kappa shape index (κ1) is 14.4. The highest BCUT2D eigenvalue weighted by Gasteiger charge is 2.50. The third-order valence-corrected chi connectivity index (χ3v) is 6.16. The molecule has 4 aliphatic carbocycles. The minimum Gasteiger partial charge on any atom is -0.362 e. The lowest BCUT2D eigenvalue weighted by atomic mass is 9.49. The number of benzene rings is 1. The smallest absolute Gasteiger partial charge is 0.170 e. The second kappa shape index (κ2) is 5.48. The topological polar surface area (TPSA) is 24.1 Å². The molecule has 4 bridgehead atoms. The van der Waals surface area contributed by atoms with E-state index in [9.17, 15) is 4.39 Å². The van der Waals surface area contributed by atoms with E-state index in [0.717, 1.165) is 24.3 Å². The number of thiocarbonyl (C=S) groups is 1. The fraction of sp³-hybridized carbons (Fsp3) is 0.611. The van der Waals surface area contributed by atoms with Gasteiger partial charge in [-0.05, 0) is 86.0 Å². The highest BCUT2D eigenvalue weighted by atomic mass is 32.1. The largest absolute Gasteiger partial charge is 0.362 e. The van der Waals surface area contributed by atoms with Gasteiger partial charge >= 0.3 is 0 Å². The molecule has 2 nitrogen and oxygen atoms in total. The summed E-state index contributed by atoms with van der Waals surface area (Å²) in [6.07, 6.45) is 8.43. The van der Waals surface area contributed by atoms with E-state index in [2.05, 4.69) is 10.6 Å². The lowest BCUT2D eigenvalue weighted by molar-refractivity contribution is -0.0490. The number of anilines is 1. The number of nitrogens with one attached hydrogen (secondary N) is 2. The molecule has 1 aromatic rings. The van der Waals surface area contributed by atoms with E-state index in [1.54, 1.807) is 12.1 Å². The van der Waals surface area contributed by atoms with Crippen molar-refractivity contribution < 1.29 is 4.39 Å². The highest BCUT2D eigenvalue weighted by molar-refractivity contribution is 7.80. The molecule has 4 aliphatic rings. The lowest BCUT2D eigenvalue weighted by Gasteiger charge is -2.57. The molecule has 0 radical (unpaired) electrons. The van der Waals surface area contributed by atoms with Crippen LogP contribution in [0.3, 0.4) is 0 Å². The maximum absolute atomic E-state index is 13.7. The number of halogens is 1. The van der Waals surface area contributed by atoms with Gasteiger partial charge < -0.3 is 10.6 Å². The van der Waals surface area contributed by atoms with Gasteiger partial charge in [0.25, 0.3) is 0 Å². The van der Waals surface area contributed by atoms with Crippen LogP contribution >= 0.6 is 12.2 Å². The zero-order valence-electron chi connectivity index (χ0n) is 12.8. The van der Waals surface area contributed by atoms with Crippen LogP contribution in [0.1, 0.15) is 38.5 Å². The molecule has 4 heteroatoms. The minimum atomic E-state index is -0.263. The van der Waals surface area contributed by atoms with Gasteiger partial charge in [-0.3, -0.25) is 0 Å². The van der Waals surface area contributed by atoms with Crippen LogP contribution in [0.4, 0.5) is 10.1 Å². The Hall–Kier alpha value is -1.16. The predicted octanol–water partition coefficient (Wildman–Crippen LogP) is 4.33. The van der Waals surface area contributed by atoms with Crippen LogP contribution in [0.2, 0.25) is 0 Å². The fourth-order valence-electron chi connectivity index (χ4n) is 5.50. The van der Waals surface area contributed by atoms with E-state index in [1.165, 1.54) is 44.6 Å². The molecule has 2 N–H and O–H groups in total. The molecule has 0 unspecified atom stereocenters. The second-order valence-electron chi connectivity index (χ2n) is 7.71. The third-order valence-electron chi connectivity index (χ3n) is 5.91. The molecule has 22 heavy (non-hydrogen) atoms. The van der Waals surface area contributed by atoms with E-state index < -0.39 is 0 Å². The Morgan fingerprint density at radius 3 is 2.27 bits per heavy atom. The van der Waals surface area contributed by atoms with Crippen LogP contribution < -0.4 is 10.6 Å². The average Bonchev–Trinajstić information content (AvgIpc) is 2.46. The van der Waals surface area contributed by atoms with Gasteiger partial charge in [0, 0.05) is 6.54 Å². The molecule has 0 atom stereocenters. The first-order valence-electron chi connectivity index (χ1n) is 8.41. The quantitative estimate of drug-likeness (QED) is 0.811. The normalized spacial score (nSPS) is 35.4. The van der Waals surface area contributed by atoms with Crippen molar-refractivity contribution in [2.45, 2.75) is 38.5 Å². The summed E-state index contributed by atoms with van der Waals surface area (Å²) in [5.74, 6) is 2.57. The molecule has 0 aromatic heterocycles. The molecular formula is C18H23FN2S. The molecule has 0 heterocycles. The van der Waals surface area contributed by atoms with Crippen molar-refractivity contribution in [3.63, 3.8) is 0 Å². The van der Waals surface area contributed by atoms with Gasteiger partial charge in [-0.2, -0.15) is 0 Å². The molecule has 1 aromatic carbocycles. The Morgan fingerprint density at radius 1 is 1.09 bits per heavy atom.